The highest BCUT2D eigenvalue weighted by Gasteiger charge is 2.18. The number of carbonyl (C=O) groups excluding carboxylic acids is 1. The van der Waals surface area contributed by atoms with Crippen molar-refractivity contribution in [3.05, 3.63) is 28.3 Å². The van der Waals surface area contributed by atoms with Crippen LogP contribution < -0.4 is 5.73 Å². The molecule has 0 saturated carbocycles. The van der Waals surface area contributed by atoms with E-state index in [2.05, 4.69) is 0 Å². The Hall–Kier alpha value is -1.26. The van der Waals surface area contributed by atoms with Crippen molar-refractivity contribution < 1.29 is 14.6 Å². The number of aromatic hydroxyl groups is 1. The molecule has 1 atom stereocenters. The Morgan fingerprint density at radius 1 is 1.59 bits per heavy atom. The highest BCUT2D eigenvalue weighted by Crippen LogP contribution is 2.29. The van der Waals surface area contributed by atoms with Gasteiger partial charge in [-0.15, -0.1) is 0 Å². The number of rotatable bonds is 4. The van der Waals surface area contributed by atoms with Gasteiger partial charge in [0.2, 0.25) is 0 Å². The van der Waals surface area contributed by atoms with E-state index in [0.29, 0.717) is 5.56 Å². The summed E-state index contributed by atoms with van der Waals surface area (Å²) in [4.78, 5) is 11.4. The first kappa shape index (κ1) is 13.8. The molecule has 0 heterocycles. The first-order valence-electron chi connectivity index (χ1n) is 5.36. The summed E-state index contributed by atoms with van der Waals surface area (Å²) in [5, 5.41) is 10.0. The topological polar surface area (TPSA) is 72.5 Å². The average molecular weight is 258 g/mol. The lowest BCUT2D eigenvalue weighted by Crippen LogP contribution is -2.34. The Morgan fingerprint density at radius 3 is 2.82 bits per heavy atom. The van der Waals surface area contributed by atoms with Crippen molar-refractivity contribution in [1.82, 2.24) is 0 Å². The minimum atomic E-state index is -0.793. The van der Waals surface area contributed by atoms with E-state index >= 15 is 0 Å². The van der Waals surface area contributed by atoms with Crippen molar-refractivity contribution in [1.29, 1.82) is 0 Å². The van der Waals surface area contributed by atoms with Gasteiger partial charge in [0.05, 0.1) is 11.6 Å². The summed E-state index contributed by atoms with van der Waals surface area (Å²) in [6.07, 6.45) is 0.200. The maximum absolute atomic E-state index is 11.4. The van der Waals surface area contributed by atoms with Gasteiger partial charge in [0.15, 0.2) is 0 Å². The van der Waals surface area contributed by atoms with Crippen LogP contribution in [0.25, 0.3) is 0 Å². The van der Waals surface area contributed by atoms with Crippen molar-refractivity contribution in [3.8, 4) is 5.75 Å². The molecule has 0 aliphatic carbocycles. The molecule has 0 radical (unpaired) electrons. The van der Waals surface area contributed by atoms with Crippen molar-refractivity contribution >= 4 is 17.6 Å². The van der Waals surface area contributed by atoms with Gasteiger partial charge in [-0.05, 0) is 31.0 Å². The van der Waals surface area contributed by atoms with E-state index in [1.54, 1.807) is 19.1 Å². The molecule has 4 nitrogen and oxygen atoms in total. The first-order chi connectivity index (χ1) is 7.95. The fourth-order valence-electron chi connectivity index (χ4n) is 1.53. The van der Waals surface area contributed by atoms with Crippen LogP contribution in [0.1, 0.15) is 18.1 Å². The number of aryl methyl sites for hydroxylation is 1. The summed E-state index contributed by atoms with van der Waals surface area (Å²) < 4.78 is 4.80. The van der Waals surface area contributed by atoms with Gasteiger partial charge in [-0.2, -0.15) is 0 Å². The molecule has 0 aliphatic heterocycles. The lowest BCUT2D eigenvalue weighted by molar-refractivity contribution is -0.144. The van der Waals surface area contributed by atoms with Gasteiger partial charge < -0.3 is 15.6 Å². The van der Waals surface area contributed by atoms with Crippen LogP contribution in [0.5, 0.6) is 5.75 Å². The van der Waals surface area contributed by atoms with Gasteiger partial charge >= 0.3 is 5.97 Å². The largest absolute Gasteiger partial charge is 0.506 e. The van der Waals surface area contributed by atoms with E-state index in [0.717, 1.165) is 5.56 Å². The van der Waals surface area contributed by atoms with Gasteiger partial charge in [0, 0.05) is 6.42 Å². The molecule has 1 unspecified atom stereocenters. The molecule has 0 spiro atoms. The number of esters is 1. The SMILES string of the molecule is CCOC(=O)C(N)Cc1cc(C)cc(Cl)c1O. The fraction of sp³-hybridized carbons (Fsp3) is 0.417. The Balaban J connectivity index is 2.84. The molecular formula is C12H16ClNO3. The zero-order valence-electron chi connectivity index (χ0n) is 9.87. The molecule has 17 heavy (non-hydrogen) atoms. The van der Waals surface area contributed by atoms with E-state index in [4.69, 9.17) is 22.1 Å². The van der Waals surface area contributed by atoms with E-state index in [-0.39, 0.29) is 23.8 Å². The van der Waals surface area contributed by atoms with Gasteiger partial charge in [-0.1, -0.05) is 17.7 Å². The van der Waals surface area contributed by atoms with Crippen molar-refractivity contribution in [2.24, 2.45) is 5.73 Å². The molecule has 0 bridgehead atoms. The van der Waals surface area contributed by atoms with Crippen LogP contribution in [0, 0.1) is 6.92 Å². The number of carbonyl (C=O) groups is 1. The second-order valence-electron chi connectivity index (χ2n) is 3.82. The van der Waals surface area contributed by atoms with Gasteiger partial charge in [-0.25, -0.2) is 0 Å². The third-order valence-corrected chi connectivity index (χ3v) is 2.60. The van der Waals surface area contributed by atoms with Crippen LogP contribution >= 0.6 is 11.6 Å². The van der Waals surface area contributed by atoms with Gasteiger partial charge in [-0.3, -0.25) is 4.79 Å². The lowest BCUT2D eigenvalue weighted by Gasteiger charge is -2.13. The van der Waals surface area contributed by atoms with Gasteiger partial charge in [0.25, 0.3) is 0 Å². The maximum atomic E-state index is 11.4. The Kier molecular flexibility index (Phi) is 4.78. The van der Waals surface area contributed by atoms with E-state index in [1.807, 2.05) is 6.92 Å². The number of nitrogens with two attached hydrogens (primary N) is 1. The zero-order valence-corrected chi connectivity index (χ0v) is 10.6. The highest BCUT2D eigenvalue weighted by atomic mass is 35.5. The number of hydrogen-bond donors (Lipinski definition) is 2. The zero-order chi connectivity index (χ0) is 13.0. The Labute approximate surface area is 105 Å². The number of phenolic OH excluding ortho intramolecular Hbond substituents is 1. The van der Waals surface area contributed by atoms with E-state index in [1.165, 1.54) is 0 Å². The molecule has 1 aromatic carbocycles. The second-order valence-corrected chi connectivity index (χ2v) is 4.22. The Bertz CT molecular complexity index is 420. The number of phenols is 1. The molecule has 1 aromatic rings. The summed E-state index contributed by atoms with van der Waals surface area (Å²) in [6.45, 7) is 3.85. The number of hydrogen-bond acceptors (Lipinski definition) is 4. The summed E-state index contributed by atoms with van der Waals surface area (Å²) >= 11 is 5.84. The quantitative estimate of drug-likeness (QED) is 0.807. The normalized spacial score (nSPS) is 12.2. The van der Waals surface area contributed by atoms with Crippen molar-refractivity contribution in [3.63, 3.8) is 0 Å². The standard InChI is InChI=1S/C12H16ClNO3/c1-3-17-12(16)10(14)6-8-4-7(2)5-9(13)11(8)15/h4-5,10,15H,3,6,14H2,1-2H3. The predicted molar refractivity (Wildman–Crippen MR) is 66.2 cm³/mol. The minimum Gasteiger partial charge on any atom is -0.506 e. The summed E-state index contributed by atoms with van der Waals surface area (Å²) in [5.74, 6) is -0.512. The predicted octanol–water partition coefficient (Wildman–Crippen LogP) is 1.79. The van der Waals surface area contributed by atoms with Crippen molar-refractivity contribution in [2.75, 3.05) is 6.61 Å². The Morgan fingerprint density at radius 2 is 2.24 bits per heavy atom. The molecule has 0 aromatic heterocycles. The average Bonchev–Trinajstić information content (AvgIpc) is 2.25. The van der Waals surface area contributed by atoms with Crippen LogP contribution in [0.4, 0.5) is 0 Å². The molecular weight excluding hydrogens is 242 g/mol. The smallest absolute Gasteiger partial charge is 0.323 e. The molecule has 0 amide bonds. The lowest BCUT2D eigenvalue weighted by atomic mass is 10.0. The number of ether oxygens (including phenoxy) is 1. The molecule has 5 heteroatoms. The third kappa shape index (κ3) is 3.61. The maximum Gasteiger partial charge on any atom is 0.323 e. The fourth-order valence-corrected chi connectivity index (χ4v) is 1.83. The van der Waals surface area contributed by atoms with Crippen LogP contribution in [-0.4, -0.2) is 23.7 Å². The third-order valence-electron chi connectivity index (χ3n) is 2.32. The summed E-state index contributed by atoms with van der Waals surface area (Å²) in [7, 11) is 0. The highest BCUT2D eigenvalue weighted by molar-refractivity contribution is 6.32. The number of benzene rings is 1. The number of halogens is 1. The van der Waals surface area contributed by atoms with Crippen LogP contribution in [0.3, 0.4) is 0 Å². The second kappa shape index (κ2) is 5.89. The van der Waals surface area contributed by atoms with Crippen LogP contribution in [0.2, 0.25) is 5.02 Å². The molecule has 3 N–H and O–H groups in total. The first-order valence-corrected chi connectivity index (χ1v) is 5.73. The van der Waals surface area contributed by atoms with E-state index in [9.17, 15) is 9.90 Å². The van der Waals surface area contributed by atoms with E-state index < -0.39 is 12.0 Å². The van der Waals surface area contributed by atoms with Crippen LogP contribution in [0.15, 0.2) is 12.1 Å². The molecule has 0 fully saturated rings. The van der Waals surface area contributed by atoms with Crippen LogP contribution in [-0.2, 0) is 16.0 Å². The molecule has 94 valence electrons. The minimum absolute atomic E-state index is 0.0305. The summed E-state index contributed by atoms with van der Waals surface area (Å²) in [6, 6.07) is 2.61. The molecule has 1 rings (SSSR count). The summed E-state index contributed by atoms with van der Waals surface area (Å²) in [5.41, 5.74) is 7.13. The van der Waals surface area contributed by atoms with Gasteiger partial charge in [0.1, 0.15) is 11.8 Å². The van der Waals surface area contributed by atoms with Crippen molar-refractivity contribution in [2.45, 2.75) is 26.3 Å². The molecule has 0 saturated heterocycles. The molecule has 0 aliphatic rings. The monoisotopic (exact) mass is 257 g/mol.